The highest BCUT2D eigenvalue weighted by Gasteiger charge is 2.23. The number of hydrogen-bond acceptors (Lipinski definition) is 6. The van der Waals surface area contributed by atoms with Gasteiger partial charge in [-0.15, -0.1) is 10.2 Å². The molecule has 2 heterocycles. The molecular formula is C22H23ClN4O3. The first-order valence-electron chi connectivity index (χ1n) is 9.83. The summed E-state index contributed by atoms with van der Waals surface area (Å²) < 4.78 is 11.0. The fourth-order valence-corrected chi connectivity index (χ4v) is 3.69. The van der Waals surface area contributed by atoms with E-state index in [1.54, 1.807) is 13.2 Å². The fourth-order valence-electron chi connectivity index (χ4n) is 3.48. The number of amides is 1. The maximum absolute atomic E-state index is 12.6. The largest absolute Gasteiger partial charge is 0.497 e. The molecule has 1 saturated heterocycles. The van der Waals surface area contributed by atoms with Crippen LogP contribution in [0.15, 0.2) is 52.9 Å². The van der Waals surface area contributed by atoms with Crippen LogP contribution in [-0.4, -0.2) is 59.2 Å². The molecule has 0 N–H and O–H groups in total. The third-order valence-electron chi connectivity index (χ3n) is 5.14. The maximum atomic E-state index is 12.6. The van der Waals surface area contributed by atoms with Crippen LogP contribution in [0.1, 0.15) is 11.5 Å². The number of rotatable bonds is 6. The Morgan fingerprint density at radius 1 is 1.10 bits per heavy atom. The number of carbonyl (C=O) groups is 1. The molecule has 0 spiro atoms. The number of halogens is 1. The lowest BCUT2D eigenvalue weighted by atomic mass is 10.1. The first-order valence-corrected chi connectivity index (χ1v) is 10.2. The molecule has 3 aromatic rings. The van der Waals surface area contributed by atoms with Gasteiger partial charge in [-0.3, -0.25) is 9.69 Å². The molecule has 0 bridgehead atoms. The minimum absolute atomic E-state index is 0.127. The van der Waals surface area contributed by atoms with E-state index in [1.807, 2.05) is 47.4 Å². The minimum Gasteiger partial charge on any atom is -0.497 e. The average molecular weight is 427 g/mol. The van der Waals surface area contributed by atoms with Crippen molar-refractivity contribution in [1.29, 1.82) is 0 Å². The van der Waals surface area contributed by atoms with Gasteiger partial charge >= 0.3 is 0 Å². The van der Waals surface area contributed by atoms with E-state index in [4.69, 9.17) is 20.8 Å². The Hall–Kier alpha value is -2.90. The highest BCUT2D eigenvalue weighted by molar-refractivity contribution is 6.33. The zero-order valence-corrected chi connectivity index (χ0v) is 17.5. The van der Waals surface area contributed by atoms with Gasteiger partial charge in [-0.1, -0.05) is 35.9 Å². The molecule has 30 heavy (non-hydrogen) atoms. The van der Waals surface area contributed by atoms with Crippen molar-refractivity contribution in [2.75, 3.05) is 33.3 Å². The van der Waals surface area contributed by atoms with Crippen molar-refractivity contribution < 1.29 is 13.9 Å². The normalized spacial score (nSPS) is 14.7. The van der Waals surface area contributed by atoms with Gasteiger partial charge < -0.3 is 14.1 Å². The number of benzene rings is 2. The lowest BCUT2D eigenvalue weighted by molar-refractivity contribution is -0.132. The minimum atomic E-state index is 0.127. The molecule has 0 atom stereocenters. The van der Waals surface area contributed by atoms with E-state index < -0.39 is 0 Å². The highest BCUT2D eigenvalue weighted by atomic mass is 35.5. The molecule has 0 radical (unpaired) electrons. The van der Waals surface area contributed by atoms with Gasteiger partial charge in [-0.2, -0.15) is 0 Å². The number of nitrogens with zero attached hydrogens (tertiary/aromatic N) is 4. The molecule has 2 aromatic carbocycles. The molecule has 1 fully saturated rings. The van der Waals surface area contributed by atoms with Gasteiger partial charge in [0.1, 0.15) is 5.75 Å². The smallest absolute Gasteiger partial charge is 0.249 e. The number of carbonyl (C=O) groups excluding carboxylic acids is 1. The summed E-state index contributed by atoms with van der Waals surface area (Å²) in [4.78, 5) is 16.7. The first kappa shape index (κ1) is 20.4. The molecule has 0 aliphatic carbocycles. The number of ether oxygens (including phenoxy) is 1. The molecule has 0 saturated carbocycles. The number of piperazine rings is 1. The number of methoxy groups -OCH3 is 1. The zero-order chi connectivity index (χ0) is 20.9. The van der Waals surface area contributed by atoms with Crippen molar-refractivity contribution in [2.45, 2.75) is 13.0 Å². The fraction of sp³-hybridized carbons (Fsp3) is 0.318. The summed E-state index contributed by atoms with van der Waals surface area (Å²) in [6, 6.07) is 15.0. The van der Waals surface area contributed by atoms with Crippen LogP contribution in [0.25, 0.3) is 11.5 Å². The molecule has 4 rings (SSSR count). The predicted octanol–water partition coefficient (Wildman–Crippen LogP) is 3.29. The van der Waals surface area contributed by atoms with E-state index in [1.165, 1.54) is 0 Å². The third kappa shape index (κ3) is 4.80. The van der Waals surface area contributed by atoms with E-state index in [9.17, 15) is 4.79 Å². The van der Waals surface area contributed by atoms with Gasteiger partial charge in [-0.25, -0.2) is 0 Å². The number of aromatic nitrogens is 2. The standard InChI is InChI=1S/C22H23ClN4O3/c1-29-17-6-4-5-16(13-17)14-21(28)27-11-9-26(10-12-27)15-20-24-25-22(30-20)18-7-2-3-8-19(18)23/h2-8,13H,9-12,14-15H2,1H3. The lowest BCUT2D eigenvalue weighted by Gasteiger charge is -2.34. The van der Waals surface area contributed by atoms with Crippen molar-refractivity contribution in [3.05, 3.63) is 65.0 Å². The first-order chi connectivity index (χ1) is 14.6. The van der Waals surface area contributed by atoms with Crippen molar-refractivity contribution >= 4 is 17.5 Å². The second-order valence-electron chi connectivity index (χ2n) is 7.17. The van der Waals surface area contributed by atoms with E-state index >= 15 is 0 Å². The summed E-state index contributed by atoms with van der Waals surface area (Å²) in [5.41, 5.74) is 1.69. The van der Waals surface area contributed by atoms with E-state index in [-0.39, 0.29) is 5.91 Å². The Kier molecular flexibility index (Phi) is 6.30. The molecule has 8 heteroatoms. The number of hydrogen-bond donors (Lipinski definition) is 0. The van der Waals surface area contributed by atoms with E-state index in [0.29, 0.717) is 42.9 Å². The summed E-state index contributed by atoms with van der Waals surface area (Å²) in [7, 11) is 1.63. The summed E-state index contributed by atoms with van der Waals surface area (Å²) in [5.74, 6) is 1.85. The van der Waals surface area contributed by atoms with Crippen LogP contribution in [0.5, 0.6) is 5.75 Å². The van der Waals surface area contributed by atoms with Crippen LogP contribution in [0.2, 0.25) is 5.02 Å². The van der Waals surface area contributed by atoms with Crippen LogP contribution < -0.4 is 4.74 Å². The topological polar surface area (TPSA) is 71.7 Å². The molecule has 1 aliphatic heterocycles. The van der Waals surface area contributed by atoms with Crippen molar-refractivity contribution in [3.63, 3.8) is 0 Å². The Morgan fingerprint density at radius 2 is 1.90 bits per heavy atom. The van der Waals surface area contributed by atoms with Crippen LogP contribution in [0.3, 0.4) is 0 Å². The zero-order valence-electron chi connectivity index (χ0n) is 16.8. The van der Waals surface area contributed by atoms with Crippen molar-refractivity contribution in [2.24, 2.45) is 0 Å². The monoisotopic (exact) mass is 426 g/mol. The summed E-state index contributed by atoms with van der Waals surface area (Å²) >= 11 is 6.20. The van der Waals surface area contributed by atoms with Gasteiger partial charge in [0.05, 0.1) is 30.7 Å². The summed E-state index contributed by atoms with van der Waals surface area (Å²) in [6.45, 7) is 3.42. The Labute approximate surface area is 180 Å². The molecule has 0 unspecified atom stereocenters. The third-order valence-corrected chi connectivity index (χ3v) is 5.47. The molecular weight excluding hydrogens is 404 g/mol. The van der Waals surface area contributed by atoms with Gasteiger partial charge in [0, 0.05) is 26.2 Å². The molecule has 1 amide bonds. The quantitative estimate of drug-likeness (QED) is 0.602. The average Bonchev–Trinajstić information content (AvgIpc) is 3.23. The van der Waals surface area contributed by atoms with Gasteiger partial charge in [0.2, 0.25) is 17.7 Å². The van der Waals surface area contributed by atoms with Gasteiger partial charge in [0.25, 0.3) is 0 Å². The van der Waals surface area contributed by atoms with Crippen LogP contribution in [0, 0.1) is 0 Å². The van der Waals surface area contributed by atoms with Crippen molar-refractivity contribution in [3.8, 4) is 17.2 Å². The van der Waals surface area contributed by atoms with Gasteiger partial charge in [0.15, 0.2) is 0 Å². The second kappa shape index (κ2) is 9.28. The van der Waals surface area contributed by atoms with Crippen molar-refractivity contribution in [1.82, 2.24) is 20.0 Å². The lowest BCUT2D eigenvalue weighted by Crippen LogP contribution is -2.48. The SMILES string of the molecule is COc1cccc(CC(=O)N2CCN(Cc3nnc(-c4ccccc4Cl)o3)CC2)c1. The van der Waals surface area contributed by atoms with Crippen LogP contribution in [0.4, 0.5) is 0 Å². The predicted molar refractivity (Wildman–Crippen MR) is 113 cm³/mol. The van der Waals surface area contributed by atoms with Gasteiger partial charge in [-0.05, 0) is 29.8 Å². The Morgan fingerprint density at radius 3 is 2.67 bits per heavy atom. The Bertz CT molecular complexity index is 1010. The molecule has 1 aliphatic rings. The second-order valence-corrected chi connectivity index (χ2v) is 7.57. The molecule has 7 nitrogen and oxygen atoms in total. The van der Waals surface area contributed by atoms with E-state index in [2.05, 4.69) is 15.1 Å². The molecule has 156 valence electrons. The summed E-state index contributed by atoms with van der Waals surface area (Å²) in [5, 5.41) is 8.84. The summed E-state index contributed by atoms with van der Waals surface area (Å²) in [6.07, 6.45) is 0.377. The van der Waals surface area contributed by atoms with Crippen LogP contribution in [-0.2, 0) is 17.8 Å². The maximum Gasteiger partial charge on any atom is 0.249 e. The highest BCUT2D eigenvalue weighted by Crippen LogP contribution is 2.26. The van der Waals surface area contributed by atoms with E-state index in [0.717, 1.165) is 30.0 Å². The molecule has 1 aromatic heterocycles. The van der Waals surface area contributed by atoms with Crippen LogP contribution >= 0.6 is 11.6 Å². The Balaban J connectivity index is 1.29.